The molecule has 2 aromatic heterocycles. The molecule has 1 fully saturated rings. The molecule has 3 heterocycles. The van der Waals surface area contributed by atoms with Crippen LogP contribution < -0.4 is 15.8 Å². The van der Waals surface area contributed by atoms with E-state index < -0.39 is 0 Å². The Balaban J connectivity index is 1.43. The fourth-order valence-electron chi connectivity index (χ4n) is 3.38. The van der Waals surface area contributed by atoms with E-state index in [2.05, 4.69) is 14.9 Å². The molecule has 1 amide bonds. The molecule has 0 aromatic carbocycles. The van der Waals surface area contributed by atoms with E-state index in [0.717, 1.165) is 38.9 Å². The molecule has 2 aromatic rings. The first-order valence-corrected chi connectivity index (χ1v) is 9.38. The summed E-state index contributed by atoms with van der Waals surface area (Å²) in [6, 6.07) is 4.16. The topological polar surface area (TPSA) is 72.2 Å². The van der Waals surface area contributed by atoms with E-state index in [1.54, 1.807) is 17.0 Å². The zero-order chi connectivity index (χ0) is 18.4. The number of carbonyl (C=O) groups excluding carboxylic acids is 1. The minimum Gasteiger partial charge on any atom is -0.354 e. The fraction of sp³-hybridized carbons (Fsp3) is 0.526. The molecule has 7 heteroatoms. The number of hydrogen-bond acceptors (Lipinski definition) is 4. The Bertz CT molecular complexity index is 760. The lowest BCUT2D eigenvalue weighted by molar-refractivity contribution is -0.122. The van der Waals surface area contributed by atoms with E-state index in [1.807, 2.05) is 36.4 Å². The highest BCUT2D eigenvalue weighted by atomic mass is 16.1. The monoisotopic (exact) mass is 357 g/mol. The largest absolute Gasteiger partial charge is 0.354 e. The van der Waals surface area contributed by atoms with Gasteiger partial charge >= 0.3 is 0 Å². The Morgan fingerprint density at radius 1 is 1.23 bits per heavy atom. The second kappa shape index (κ2) is 8.69. The van der Waals surface area contributed by atoms with Gasteiger partial charge in [-0.3, -0.25) is 9.59 Å². The van der Waals surface area contributed by atoms with Crippen molar-refractivity contribution in [3.63, 3.8) is 0 Å². The van der Waals surface area contributed by atoms with Crippen LogP contribution in [0.5, 0.6) is 0 Å². The number of amides is 1. The molecular weight excluding hydrogens is 330 g/mol. The highest BCUT2D eigenvalue weighted by Gasteiger charge is 2.23. The summed E-state index contributed by atoms with van der Waals surface area (Å²) < 4.78 is 3.75. The predicted octanol–water partition coefficient (Wildman–Crippen LogP) is 1.63. The minimum atomic E-state index is -0.0394. The SMILES string of the molecule is CCn1ccnc(N2CCC(NC(=O)CCCn3cccc3)CC2)c1=O. The van der Waals surface area contributed by atoms with Crippen molar-refractivity contribution in [2.75, 3.05) is 18.0 Å². The van der Waals surface area contributed by atoms with Crippen molar-refractivity contribution in [2.45, 2.75) is 51.7 Å². The van der Waals surface area contributed by atoms with Gasteiger partial charge in [0.1, 0.15) is 0 Å². The Labute approximate surface area is 153 Å². The van der Waals surface area contributed by atoms with Gasteiger partial charge in [0, 0.05) is 63.4 Å². The quantitative estimate of drug-likeness (QED) is 0.817. The number of carbonyl (C=O) groups is 1. The maximum atomic E-state index is 12.4. The number of nitrogens with one attached hydrogen (secondary N) is 1. The van der Waals surface area contributed by atoms with Gasteiger partial charge in [0.05, 0.1) is 0 Å². The van der Waals surface area contributed by atoms with Crippen molar-refractivity contribution in [3.05, 3.63) is 47.3 Å². The normalized spacial score (nSPS) is 15.2. The Morgan fingerprint density at radius 2 is 1.96 bits per heavy atom. The Hall–Kier alpha value is -2.57. The van der Waals surface area contributed by atoms with E-state index in [-0.39, 0.29) is 17.5 Å². The van der Waals surface area contributed by atoms with Crippen LogP contribution >= 0.6 is 0 Å². The summed E-state index contributed by atoms with van der Waals surface area (Å²) in [7, 11) is 0. The molecule has 0 spiro atoms. The standard InChI is InChI=1S/C19H27N5O2/c1-2-23-15-9-20-18(19(23)26)24-13-7-16(8-14-24)21-17(25)6-5-12-22-10-3-4-11-22/h3-4,9-11,15-16H,2,5-8,12-14H2,1H3,(H,21,25). The molecule has 0 bridgehead atoms. The van der Waals surface area contributed by atoms with Crippen LogP contribution in [-0.4, -0.2) is 39.2 Å². The molecular formula is C19H27N5O2. The van der Waals surface area contributed by atoms with Crippen molar-refractivity contribution < 1.29 is 4.79 Å². The van der Waals surface area contributed by atoms with Gasteiger partial charge < -0.3 is 19.4 Å². The minimum absolute atomic E-state index is 0.0394. The van der Waals surface area contributed by atoms with Crippen molar-refractivity contribution >= 4 is 11.7 Å². The third-order valence-electron chi connectivity index (χ3n) is 4.88. The van der Waals surface area contributed by atoms with Crippen LogP contribution in [0.25, 0.3) is 0 Å². The molecule has 26 heavy (non-hydrogen) atoms. The van der Waals surface area contributed by atoms with Gasteiger partial charge in [-0.1, -0.05) is 0 Å². The zero-order valence-electron chi connectivity index (χ0n) is 15.3. The fourth-order valence-corrected chi connectivity index (χ4v) is 3.38. The van der Waals surface area contributed by atoms with Crippen molar-refractivity contribution in [1.82, 2.24) is 19.4 Å². The van der Waals surface area contributed by atoms with Gasteiger partial charge in [-0.15, -0.1) is 0 Å². The number of anilines is 1. The van der Waals surface area contributed by atoms with Crippen LogP contribution in [0.4, 0.5) is 5.82 Å². The van der Waals surface area contributed by atoms with E-state index in [9.17, 15) is 9.59 Å². The lowest BCUT2D eigenvalue weighted by atomic mass is 10.0. The Kier molecular flexibility index (Phi) is 6.09. The van der Waals surface area contributed by atoms with Crippen LogP contribution in [-0.2, 0) is 17.9 Å². The van der Waals surface area contributed by atoms with Crippen LogP contribution in [0.3, 0.4) is 0 Å². The van der Waals surface area contributed by atoms with E-state index in [1.165, 1.54) is 0 Å². The molecule has 1 saturated heterocycles. The van der Waals surface area contributed by atoms with E-state index >= 15 is 0 Å². The molecule has 0 aliphatic carbocycles. The second-order valence-electron chi connectivity index (χ2n) is 6.70. The highest BCUT2D eigenvalue weighted by Crippen LogP contribution is 2.15. The average Bonchev–Trinajstić information content (AvgIpc) is 3.16. The van der Waals surface area contributed by atoms with Gasteiger partial charge in [-0.2, -0.15) is 0 Å². The molecule has 1 N–H and O–H groups in total. The average molecular weight is 357 g/mol. The molecule has 3 rings (SSSR count). The summed E-state index contributed by atoms with van der Waals surface area (Å²) >= 11 is 0. The maximum Gasteiger partial charge on any atom is 0.293 e. The van der Waals surface area contributed by atoms with Crippen LogP contribution in [0.1, 0.15) is 32.6 Å². The summed E-state index contributed by atoms with van der Waals surface area (Å²) in [6.45, 7) is 4.93. The first-order chi connectivity index (χ1) is 12.7. The number of aromatic nitrogens is 3. The number of nitrogens with zero attached hydrogens (tertiary/aromatic N) is 4. The van der Waals surface area contributed by atoms with Crippen molar-refractivity contribution in [2.24, 2.45) is 0 Å². The molecule has 0 unspecified atom stereocenters. The molecule has 0 saturated carbocycles. The number of rotatable bonds is 7. The molecule has 1 aliphatic rings. The van der Waals surface area contributed by atoms with Crippen molar-refractivity contribution in [1.29, 1.82) is 0 Å². The number of aryl methyl sites for hydroxylation is 2. The van der Waals surface area contributed by atoms with Crippen LogP contribution in [0.15, 0.2) is 41.7 Å². The number of piperidine rings is 1. The third-order valence-corrected chi connectivity index (χ3v) is 4.88. The van der Waals surface area contributed by atoms with Gasteiger partial charge in [-0.05, 0) is 38.3 Å². The lowest BCUT2D eigenvalue weighted by Crippen LogP contribution is -2.46. The van der Waals surface area contributed by atoms with Crippen LogP contribution in [0, 0.1) is 0 Å². The van der Waals surface area contributed by atoms with Crippen LogP contribution in [0.2, 0.25) is 0 Å². The van der Waals surface area contributed by atoms with E-state index in [4.69, 9.17) is 0 Å². The lowest BCUT2D eigenvalue weighted by Gasteiger charge is -2.32. The van der Waals surface area contributed by atoms with Gasteiger partial charge in [-0.25, -0.2) is 4.98 Å². The molecule has 0 radical (unpaired) electrons. The smallest absolute Gasteiger partial charge is 0.293 e. The second-order valence-corrected chi connectivity index (χ2v) is 6.70. The molecule has 140 valence electrons. The highest BCUT2D eigenvalue weighted by molar-refractivity contribution is 5.76. The molecule has 1 aliphatic heterocycles. The summed E-state index contributed by atoms with van der Waals surface area (Å²) in [5.41, 5.74) is -0.0394. The molecule has 7 nitrogen and oxygen atoms in total. The molecule has 0 atom stereocenters. The van der Waals surface area contributed by atoms with Gasteiger partial charge in [0.25, 0.3) is 5.56 Å². The summed E-state index contributed by atoms with van der Waals surface area (Å²) in [5, 5.41) is 3.13. The third kappa shape index (κ3) is 4.53. The van der Waals surface area contributed by atoms with Gasteiger partial charge in [0.2, 0.25) is 5.91 Å². The van der Waals surface area contributed by atoms with Crippen molar-refractivity contribution in [3.8, 4) is 0 Å². The summed E-state index contributed by atoms with van der Waals surface area (Å²) in [5.74, 6) is 0.632. The first kappa shape index (κ1) is 18.2. The Morgan fingerprint density at radius 3 is 2.65 bits per heavy atom. The van der Waals surface area contributed by atoms with E-state index in [0.29, 0.717) is 18.8 Å². The first-order valence-electron chi connectivity index (χ1n) is 9.38. The predicted molar refractivity (Wildman–Crippen MR) is 101 cm³/mol. The zero-order valence-corrected chi connectivity index (χ0v) is 15.3. The summed E-state index contributed by atoms with van der Waals surface area (Å²) in [4.78, 5) is 30.8. The van der Waals surface area contributed by atoms with Gasteiger partial charge in [0.15, 0.2) is 5.82 Å². The maximum absolute atomic E-state index is 12.4. The number of hydrogen-bond donors (Lipinski definition) is 1. The summed E-state index contributed by atoms with van der Waals surface area (Å²) in [6.07, 6.45) is 10.5.